The van der Waals surface area contributed by atoms with Crippen LogP contribution in [0.3, 0.4) is 0 Å². The number of fused-ring (bicyclic) bond motifs is 1. The lowest BCUT2D eigenvalue weighted by Crippen LogP contribution is -2.11. The summed E-state index contributed by atoms with van der Waals surface area (Å²) in [6.45, 7) is 3.74. The molecule has 0 atom stereocenters. The fourth-order valence-electron chi connectivity index (χ4n) is 3.10. The van der Waals surface area contributed by atoms with Gasteiger partial charge in [-0.1, -0.05) is 11.6 Å². The Hall–Kier alpha value is -2.40. The Kier molecular flexibility index (Phi) is 3.76. The number of aryl methyl sites for hydroxylation is 3. The molecule has 6 heteroatoms. The van der Waals surface area contributed by atoms with Crippen molar-refractivity contribution in [1.82, 2.24) is 14.8 Å². The number of pyridine rings is 1. The summed E-state index contributed by atoms with van der Waals surface area (Å²) in [5.41, 5.74) is 3.77. The predicted octanol–water partition coefficient (Wildman–Crippen LogP) is 4.34. The maximum Gasteiger partial charge on any atom is 0.344 e. The van der Waals surface area contributed by atoms with Gasteiger partial charge in [-0.15, -0.1) is 0 Å². The van der Waals surface area contributed by atoms with Crippen LogP contribution in [-0.2, 0) is 7.05 Å². The van der Waals surface area contributed by atoms with Gasteiger partial charge in [-0.05, 0) is 56.5 Å². The van der Waals surface area contributed by atoms with E-state index in [-0.39, 0.29) is 0 Å². The lowest BCUT2D eigenvalue weighted by Gasteiger charge is -2.10. The first kappa shape index (κ1) is 16.1. The summed E-state index contributed by atoms with van der Waals surface area (Å²) in [7, 11) is 1.84. The van der Waals surface area contributed by atoms with E-state index in [1.807, 2.05) is 27.0 Å². The smallest absolute Gasteiger partial charge is 0.344 e. The van der Waals surface area contributed by atoms with Crippen molar-refractivity contribution in [3.05, 3.63) is 51.8 Å². The molecule has 0 radical (unpaired) electrons. The molecule has 0 spiro atoms. The van der Waals surface area contributed by atoms with E-state index in [2.05, 4.69) is 5.10 Å². The van der Waals surface area contributed by atoms with Crippen LogP contribution in [0.4, 0.5) is 0 Å². The van der Waals surface area contributed by atoms with Gasteiger partial charge in [-0.3, -0.25) is 4.68 Å². The van der Waals surface area contributed by atoms with Gasteiger partial charge in [0.1, 0.15) is 5.75 Å². The van der Waals surface area contributed by atoms with Gasteiger partial charge in [0.25, 0.3) is 0 Å². The third-order valence-electron chi connectivity index (χ3n) is 4.54. The largest absolute Gasteiger partial charge is 0.423 e. The van der Waals surface area contributed by atoms with Crippen LogP contribution < -0.4 is 4.74 Å². The molecule has 0 unspecified atom stereocenters. The zero-order valence-electron chi connectivity index (χ0n) is 14.3. The maximum absolute atomic E-state index is 12.9. The monoisotopic (exact) mass is 355 g/mol. The van der Waals surface area contributed by atoms with Gasteiger partial charge in [0, 0.05) is 23.7 Å². The number of rotatable bonds is 3. The molecule has 25 heavy (non-hydrogen) atoms. The highest BCUT2D eigenvalue weighted by Crippen LogP contribution is 2.40. The molecule has 1 fully saturated rings. The van der Waals surface area contributed by atoms with Crippen LogP contribution in [0.2, 0.25) is 5.02 Å². The molecule has 3 aromatic rings. The lowest BCUT2D eigenvalue weighted by molar-refractivity contribution is 0.0735. The van der Waals surface area contributed by atoms with Gasteiger partial charge in [-0.2, -0.15) is 5.10 Å². The molecular weight excluding hydrogens is 338 g/mol. The van der Waals surface area contributed by atoms with Crippen LogP contribution in [0.25, 0.3) is 11.0 Å². The first-order valence-corrected chi connectivity index (χ1v) is 8.64. The van der Waals surface area contributed by atoms with Crippen LogP contribution >= 0.6 is 11.6 Å². The molecule has 1 aliphatic carbocycles. The number of hydrogen-bond acceptors (Lipinski definition) is 4. The Morgan fingerprint density at radius 1 is 1.28 bits per heavy atom. The van der Waals surface area contributed by atoms with Crippen molar-refractivity contribution in [1.29, 1.82) is 0 Å². The summed E-state index contributed by atoms with van der Waals surface area (Å²) < 4.78 is 7.37. The number of aromatic nitrogens is 3. The SMILES string of the molecule is Cc1cc(Cl)ccc1OC(=O)c1cc(C2CC2)nc2c1c(C)nn2C. The highest BCUT2D eigenvalue weighted by molar-refractivity contribution is 6.30. The normalized spacial score (nSPS) is 14.1. The number of esters is 1. The van der Waals surface area contributed by atoms with Crippen molar-refractivity contribution in [3.63, 3.8) is 0 Å². The van der Waals surface area contributed by atoms with Crippen molar-refractivity contribution in [3.8, 4) is 5.75 Å². The number of nitrogens with zero attached hydrogens (tertiary/aromatic N) is 3. The molecule has 1 aliphatic rings. The van der Waals surface area contributed by atoms with Crippen LogP contribution in [0.1, 0.15) is 46.1 Å². The molecule has 128 valence electrons. The van der Waals surface area contributed by atoms with Crippen LogP contribution in [-0.4, -0.2) is 20.7 Å². The van der Waals surface area contributed by atoms with Crippen LogP contribution in [0.15, 0.2) is 24.3 Å². The zero-order valence-corrected chi connectivity index (χ0v) is 15.1. The number of benzene rings is 1. The predicted molar refractivity (Wildman–Crippen MR) is 96.4 cm³/mol. The molecule has 4 rings (SSSR count). The fraction of sp³-hybridized carbons (Fsp3) is 0.316. The number of hydrogen-bond donors (Lipinski definition) is 0. The highest BCUT2D eigenvalue weighted by Gasteiger charge is 2.29. The van der Waals surface area contributed by atoms with Gasteiger partial charge in [-0.25, -0.2) is 9.78 Å². The summed E-state index contributed by atoms with van der Waals surface area (Å²) in [5.74, 6) is 0.549. The quantitative estimate of drug-likeness (QED) is 0.518. The van der Waals surface area contributed by atoms with Crippen molar-refractivity contribution in [2.45, 2.75) is 32.6 Å². The van der Waals surface area contributed by atoms with Crippen molar-refractivity contribution in [2.24, 2.45) is 7.05 Å². The second-order valence-electron chi connectivity index (χ2n) is 6.58. The zero-order chi connectivity index (χ0) is 17.7. The highest BCUT2D eigenvalue weighted by atomic mass is 35.5. The van der Waals surface area contributed by atoms with E-state index in [1.165, 1.54) is 0 Å². The van der Waals surface area contributed by atoms with Gasteiger partial charge >= 0.3 is 5.97 Å². The minimum absolute atomic E-state index is 0.393. The molecule has 1 saturated carbocycles. The van der Waals surface area contributed by atoms with Gasteiger partial charge < -0.3 is 4.74 Å². The minimum Gasteiger partial charge on any atom is -0.423 e. The Morgan fingerprint density at radius 2 is 2.04 bits per heavy atom. The van der Waals surface area contributed by atoms with E-state index in [4.69, 9.17) is 21.3 Å². The average molecular weight is 356 g/mol. The molecule has 2 heterocycles. The molecule has 5 nitrogen and oxygen atoms in total. The van der Waals surface area contributed by atoms with Crippen LogP contribution in [0, 0.1) is 13.8 Å². The summed E-state index contributed by atoms with van der Waals surface area (Å²) in [5, 5.41) is 5.79. The van der Waals surface area contributed by atoms with E-state index >= 15 is 0 Å². The Labute approximate surface area is 150 Å². The first-order chi connectivity index (χ1) is 11.9. The number of carbonyl (C=O) groups is 1. The molecule has 1 aromatic carbocycles. The third-order valence-corrected chi connectivity index (χ3v) is 4.78. The van der Waals surface area contributed by atoms with Crippen molar-refractivity contribution >= 4 is 28.6 Å². The van der Waals surface area contributed by atoms with Crippen molar-refractivity contribution in [2.75, 3.05) is 0 Å². The second-order valence-corrected chi connectivity index (χ2v) is 7.01. The topological polar surface area (TPSA) is 57.0 Å². The fourth-order valence-corrected chi connectivity index (χ4v) is 3.32. The van der Waals surface area contributed by atoms with E-state index in [1.54, 1.807) is 22.9 Å². The van der Waals surface area contributed by atoms with Gasteiger partial charge in [0.15, 0.2) is 5.65 Å². The van der Waals surface area contributed by atoms with Gasteiger partial charge in [0.05, 0.1) is 16.6 Å². The molecule has 0 aliphatic heterocycles. The Bertz CT molecular complexity index is 1010. The molecule has 0 N–H and O–H groups in total. The number of halogens is 1. The molecule has 2 aromatic heterocycles. The van der Waals surface area contributed by atoms with Crippen molar-refractivity contribution < 1.29 is 9.53 Å². The lowest BCUT2D eigenvalue weighted by atomic mass is 10.1. The first-order valence-electron chi connectivity index (χ1n) is 8.26. The summed E-state index contributed by atoms with van der Waals surface area (Å²) in [6.07, 6.45) is 2.22. The summed E-state index contributed by atoms with van der Waals surface area (Å²) in [6, 6.07) is 7.07. The maximum atomic E-state index is 12.9. The minimum atomic E-state index is -0.393. The summed E-state index contributed by atoms with van der Waals surface area (Å²) in [4.78, 5) is 17.6. The summed E-state index contributed by atoms with van der Waals surface area (Å²) >= 11 is 5.97. The molecule has 0 amide bonds. The van der Waals surface area contributed by atoms with E-state index < -0.39 is 5.97 Å². The van der Waals surface area contributed by atoms with Gasteiger partial charge in [0.2, 0.25) is 0 Å². The average Bonchev–Trinajstić information content (AvgIpc) is 3.37. The number of carbonyl (C=O) groups excluding carboxylic acids is 1. The standard InChI is InChI=1S/C19H18ClN3O2/c1-10-8-13(20)6-7-16(10)25-19(24)14-9-15(12-4-5-12)21-18-17(14)11(2)22-23(18)3/h6-9,12H,4-5H2,1-3H3. The van der Waals surface area contributed by atoms with E-state index in [0.29, 0.717) is 22.3 Å². The Morgan fingerprint density at radius 3 is 2.72 bits per heavy atom. The third kappa shape index (κ3) is 2.89. The van der Waals surface area contributed by atoms with E-state index in [9.17, 15) is 4.79 Å². The Balaban J connectivity index is 1.80. The molecular formula is C19H18ClN3O2. The van der Waals surface area contributed by atoms with Crippen LogP contribution in [0.5, 0.6) is 5.75 Å². The molecule has 0 saturated heterocycles. The second kappa shape index (κ2) is 5.85. The molecule has 0 bridgehead atoms. The number of ether oxygens (including phenoxy) is 1. The van der Waals surface area contributed by atoms with E-state index in [0.717, 1.165) is 40.8 Å².